The highest BCUT2D eigenvalue weighted by Gasteiger charge is 2.08. The molecule has 0 radical (unpaired) electrons. The van der Waals surface area contributed by atoms with Gasteiger partial charge in [-0.25, -0.2) is 9.59 Å². The van der Waals surface area contributed by atoms with Gasteiger partial charge in [0.25, 0.3) is 0 Å². The fourth-order valence-corrected chi connectivity index (χ4v) is 1.05. The predicted octanol–water partition coefficient (Wildman–Crippen LogP) is 1.19. The highest BCUT2D eigenvalue weighted by molar-refractivity contribution is 5.92. The summed E-state index contributed by atoms with van der Waals surface area (Å²) in [5.41, 5.74) is 0.453. The smallest absolute Gasteiger partial charge is 0.338 e. The molecular weight excluding hydrogens is 212 g/mol. The number of hydrogen-bond acceptors (Lipinski definition) is 4. The van der Waals surface area contributed by atoms with Crippen molar-refractivity contribution < 1.29 is 24.2 Å². The summed E-state index contributed by atoms with van der Waals surface area (Å²) in [6.45, 7) is 0.509. The Bertz CT molecular complexity index is 368. The third-order valence-electron chi connectivity index (χ3n) is 1.89. The van der Waals surface area contributed by atoms with Crippen molar-refractivity contribution in [3.05, 3.63) is 35.4 Å². The monoisotopic (exact) mass is 224 g/mol. The largest absolute Gasteiger partial charge is 0.478 e. The molecule has 0 bridgehead atoms. The quantitative estimate of drug-likeness (QED) is 0.600. The minimum atomic E-state index is -1.03. The van der Waals surface area contributed by atoms with Crippen LogP contribution in [0.4, 0.5) is 0 Å². The number of carboxylic acids is 1. The van der Waals surface area contributed by atoms with E-state index in [1.807, 2.05) is 0 Å². The third-order valence-corrected chi connectivity index (χ3v) is 1.89. The van der Waals surface area contributed by atoms with E-state index in [0.29, 0.717) is 12.2 Å². The van der Waals surface area contributed by atoms with Crippen LogP contribution in [0.25, 0.3) is 0 Å². The standard InChI is InChI=1S/C11H12O5/c1-15-6-7-16-11(14)9-4-2-8(3-5-9)10(12)13/h2-5H,6-7H2,1H3,(H,12,13). The molecule has 0 unspecified atom stereocenters. The molecule has 0 aliphatic carbocycles. The van der Waals surface area contributed by atoms with Gasteiger partial charge in [0.2, 0.25) is 0 Å². The van der Waals surface area contributed by atoms with Crippen LogP contribution in [0.5, 0.6) is 0 Å². The summed E-state index contributed by atoms with van der Waals surface area (Å²) in [7, 11) is 1.51. The molecule has 0 saturated heterocycles. The third kappa shape index (κ3) is 3.36. The molecule has 0 amide bonds. The van der Waals surface area contributed by atoms with Crippen molar-refractivity contribution in [3.8, 4) is 0 Å². The topological polar surface area (TPSA) is 72.8 Å². The number of rotatable bonds is 5. The summed E-state index contributed by atoms with van der Waals surface area (Å²) in [6, 6.07) is 5.54. The van der Waals surface area contributed by atoms with Crippen LogP contribution >= 0.6 is 0 Å². The molecular formula is C11H12O5. The molecule has 0 aliphatic heterocycles. The van der Waals surface area contributed by atoms with Crippen LogP contribution in [-0.2, 0) is 9.47 Å². The van der Waals surface area contributed by atoms with Crippen molar-refractivity contribution in [1.29, 1.82) is 0 Å². The van der Waals surface area contributed by atoms with Crippen molar-refractivity contribution in [2.75, 3.05) is 20.3 Å². The van der Waals surface area contributed by atoms with Gasteiger partial charge in [0.05, 0.1) is 17.7 Å². The molecule has 0 spiro atoms. The summed E-state index contributed by atoms with van der Waals surface area (Å²) in [4.78, 5) is 21.9. The first-order chi connectivity index (χ1) is 7.65. The molecule has 0 atom stereocenters. The van der Waals surface area contributed by atoms with E-state index in [1.54, 1.807) is 0 Å². The van der Waals surface area contributed by atoms with E-state index in [0.717, 1.165) is 0 Å². The molecule has 0 saturated carbocycles. The fraction of sp³-hybridized carbons (Fsp3) is 0.273. The van der Waals surface area contributed by atoms with Crippen LogP contribution in [0.15, 0.2) is 24.3 Å². The lowest BCUT2D eigenvalue weighted by atomic mass is 10.1. The van der Waals surface area contributed by atoms with Gasteiger partial charge < -0.3 is 14.6 Å². The second-order valence-electron chi connectivity index (χ2n) is 3.01. The predicted molar refractivity (Wildman–Crippen MR) is 55.6 cm³/mol. The van der Waals surface area contributed by atoms with Crippen LogP contribution in [0.3, 0.4) is 0 Å². The first-order valence-corrected chi connectivity index (χ1v) is 4.64. The first kappa shape index (κ1) is 12.2. The lowest BCUT2D eigenvalue weighted by molar-refractivity contribution is 0.0387. The number of carboxylic acid groups (broad SMARTS) is 1. The summed E-state index contributed by atoms with van der Waals surface area (Å²) in [5, 5.41) is 8.65. The van der Waals surface area contributed by atoms with E-state index in [-0.39, 0.29) is 12.2 Å². The molecule has 16 heavy (non-hydrogen) atoms. The molecule has 1 N–H and O–H groups in total. The Kier molecular flexibility index (Phi) is 4.47. The fourth-order valence-electron chi connectivity index (χ4n) is 1.05. The number of ether oxygens (including phenoxy) is 2. The zero-order valence-electron chi connectivity index (χ0n) is 8.80. The first-order valence-electron chi connectivity index (χ1n) is 4.64. The summed E-state index contributed by atoms with van der Waals surface area (Å²) in [6.07, 6.45) is 0. The minimum absolute atomic E-state index is 0.133. The minimum Gasteiger partial charge on any atom is -0.478 e. The molecule has 86 valence electrons. The van der Waals surface area contributed by atoms with Crippen molar-refractivity contribution >= 4 is 11.9 Å². The van der Waals surface area contributed by atoms with Crippen molar-refractivity contribution in [2.24, 2.45) is 0 Å². The van der Waals surface area contributed by atoms with Crippen molar-refractivity contribution in [1.82, 2.24) is 0 Å². The van der Waals surface area contributed by atoms with Crippen molar-refractivity contribution in [3.63, 3.8) is 0 Å². The van der Waals surface area contributed by atoms with Gasteiger partial charge in [-0.1, -0.05) is 0 Å². The van der Waals surface area contributed by atoms with Gasteiger partial charge in [0.15, 0.2) is 0 Å². The summed E-state index contributed by atoms with van der Waals surface area (Å²) < 4.78 is 9.58. The maximum absolute atomic E-state index is 11.4. The van der Waals surface area contributed by atoms with Crippen LogP contribution in [0.2, 0.25) is 0 Å². The second-order valence-corrected chi connectivity index (χ2v) is 3.01. The van der Waals surface area contributed by atoms with E-state index in [4.69, 9.17) is 14.6 Å². The molecule has 0 aliphatic rings. The number of methoxy groups -OCH3 is 1. The maximum atomic E-state index is 11.4. The highest BCUT2D eigenvalue weighted by Crippen LogP contribution is 2.05. The Balaban J connectivity index is 2.59. The van der Waals surface area contributed by atoms with Gasteiger partial charge in [0, 0.05) is 7.11 Å². The maximum Gasteiger partial charge on any atom is 0.338 e. The molecule has 5 nitrogen and oxygen atoms in total. The van der Waals surface area contributed by atoms with Crippen LogP contribution < -0.4 is 0 Å². The number of carbonyl (C=O) groups is 2. The van der Waals surface area contributed by atoms with Gasteiger partial charge in [-0.05, 0) is 24.3 Å². The lowest BCUT2D eigenvalue weighted by Crippen LogP contribution is -2.10. The Labute approximate surface area is 92.6 Å². The van der Waals surface area contributed by atoms with Crippen LogP contribution in [-0.4, -0.2) is 37.4 Å². The normalized spacial score (nSPS) is 9.81. The highest BCUT2D eigenvalue weighted by atomic mass is 16.6. The number of aromatic carboxylic acids is 1. The van der Waals surface area contributed by atoms with Gasteiger partial charge in [-0.3, -0.25) is 0 Å². The summed E-state index contributed by atoms with van der Waals surface area (Å²) in [5.74, 6) is -1.52. The Morgan fingerprint density at radius 3 is 2.19 bits per heavy atom. The number of benzene rings is 1. The molecule has 5 heteroatoms. The number of carbonyl (C=O) groups excluding carboxylic acids is 1. The number of esters is 1. The summed E-state index contributed by atoms with van der Waals surface area (Å²) >= 11 is 0. The van der Waals surface area contributed by atoms with Crippen LogP contribution in [0.1, 0.15) is 20.7 Å². The zero-order valence-corrected chi connectivity index (χ0v) is 8.80. The average Bonchev–Trinajstić information content (AvgIpc) is 2.29. The van der Waals surface area contributed by atoms with E-state index in [2.05, 4.69) is 0 Å². The second kappa shape index (κ2) is 5.87. The number of hydrogen-bond donors (Lipinski definition) is 1. The molecule has 0 aromatic heterocycles. The lowest BCUT2D eigenvalue weighted by Gasteiger charge is -2.03. The Hall–Kier alpha value is -1.88. The van der Waals surface area contributed by atoms with Gasteiger partial charge in [-0.15, -0.1) is 0 Å². The molecule has 1 aromatic rings. The molecule has 1 rings (SSSR count). The van der Waals surface area contributed by atoms with Gasteiger partial charge >= 0.3 is 11.9 Å². The Morgan fingerprint density at radius 1 is 1.12 bits per heavy atom. The SMILES string of the molecule is COCCOC(=O)c1ccc(C(=O)O)cc1. The molecule has 0 heterocycles. The van der Waals surface area contributed by atoms with Crippen LogP contribution in [0, 0.1) is 0 Å². The zero-order chi connectivity index (χ0) is 12.0. The van der Waals surface area contributed by atoms with Gasteiger partial charge in [0.1, 0.15) is 6.61 Å². The Morgan fingerprint density at radius 2 is 1.69 bits per heavy atom. The van der Waals surface area contributed by atoms with Gasteiger partial charge in [-0.2, -0.15) is 0 Å². The molecule has 0 fully saturated rings. The van der Waals surface area contributed by atoms with E-state index in [1.165, 1.54) is 31.4 Å². The molecule has 1 aromatic carbocycles. The van der Waals surface area contributed by atoms with E-state index in [9.17, 15) is 9.59 Å². The van der Waals surface area contributed by atoms with Crippen molar-refractivity contribution in [2.45, 2.75) is 0 Å². The average molecular weight is 224 g/mol. The van der Waals surface area contributed by atoms with E-state index >= 15 is 0 Å². The van der Waals surface area contributed by atoms with E-state index < -0.39 is 11.9 Å².